The van der Waals surface area contributed by atoms with Crippen LogP contribution in [0.5, 0.6) is 11.5 Å². The normalized spacial score (nSPS) is 12.9. The Labute approximate surface area is 168 Å². The number of amides is 1. The molecule has 0 atom stereocenters. The lowest BCUT2D eigenvalue weighted by Gasteiger charge is -2.21. The van der Waals surface area contributed by atoms with E-state index in [1.807, 2.05) is 12.1 Å². The molecule has 0 fully saturated rings. The number of hydrogen-bond donors (Lipinski definition) is 1. The molecule has 1 aliphatic heterocycles. The molecule has 1 amide bonds. The zero-order valence-electron chi connectivity index (χ0n) is 16.5. The van der Waals surface area contributed by atoms with Gasteiger partial charge in [-0.05, 0) is 37.5 Å². The number of ether oxygens (including phenoxy) is 2. The number of rotatable bonds is 6. The first kappa shape index (κ1) is 19.1. The number of aryl methyl sites for hydroxylation is 1. The van der Waals surface area contributed by atoms with Crippen LogP contribution in [-0.4, -0.2) is 32.0 Å². The predicted molar refractivity (Wildman–Crippen MR) is 109 cm³/mol. The molecule has 6 heteroatoms. The van der Waals surface area contributed by atoms with Gasteiger partial charge in [0.25, 0.3) is 0 Å². The molecule has 0 aliphatic carbocycles. The van der Waals surface area contributed by atoms with Crippen molar-refractivity contribution < 1.29 is 23.5 Å². The van der Waals surface area contributed by atoms with Gasteiger partial charge in [0.1, 0.15) is 17.1 Å². The topological polar surface area (TPSA) is 77.8 Å². The van der Waals surface area contributed by atoms with Gasteiger partial charge in [-0.3, -0.25) is 9.59 Å². The van der Waals surface area contributed by atoms with Crippen LogP contribution in [0.25, 0.3) is 11.0 Å². The fourth-order valence-electron chi connectivity index (χ4n) is 3.86. The maximum atomic E-state index is 13.3. The van der Waals surface area contributed by atoms with E-state index in [0.717, 1.165) is 29.4 Å². The van der Waals surface area contributed by atoms with Crippen molar-refractivity contribution in [2.75, 3.05) is 20.3 Å². The molecule has 0 saturated carbocycles. The first-order valence-electron chi connectivity index (χ1n) is 9.71. The van der Waals surface area contributed by atoms with Crippen molar-refractivity contribution in [1.29, 1.82) is 0 Å². The smallest absolute Gasteiger partial charge is 0.216 e. The van der Waals surface area contributed by atoms with Crippen LogP contribution in [0.15, 0.2) is 41.0 Å². The molecule has 0 spiro atoms. The summed E-state index contributed by atoms with van der Waals surface area (Å²) in [6.07, 6.45) is 4.05. The molecule has 29 heavy (non-hydrogen) atoms. The van der Waals surface area contributed by atoms with Crippen molar-refractivity contribution in [2.24, 2.45) is 0 Å². The summed E-state index contributed by atoms with van der Waals surface area (Å²) in [7, 11) is 1.55. The van der Waals surface area contributed by atoms with E-state index in [9.17, 15) is 9.59 Å². The van der Waals surface area contributed by atoms with Crippen LogP contribution in [0.2, 0.25) is 0 Å². The molecule has 1 aromatic heterocycles. The molecule has 0 radical (unpaired) electrons. The highest BCUT2D eigenvalue weighted by Gasteiger charge is 2.27. The molecular formula is C23H23NO5. The number of carbonyl (C=O) groups is 2. The van der Waals surface area contributed by atoms with Crippen LogP contribution in [0, 0.1) is 0 Å². The molecule has 4 rings (SSSR count). The van der Waals surface area contributed by atoms with E-state index in [1.54, 1.807) is 31.6 Å². The van der Waals surface area contributed by atoms with Gasteiger partial charge in [-0.15, -0.1) is 0 Å². The van der Waals surface area contributed by atoms with Crippen molar-refractivity contribution >= 4 is 22.7 Å². The lowest BCUT2D eigenvalue weighted by Crippen LogP contribution is -2.22. The Balaban J connectivity index is 1.80. The van der Waals surface area contributed by atoms with Crippen LogP contribution < -0.4 is 14.8 Å². The Morgan fingerprint density at radius 2 is 2.03 bits per heavy atom. The van der Waals surface area contributed by atoms with Crippen molar-refractivity contribution in [1.82, 2.24) is 5.32 Å². The van der Waals surface area contributed by atoms with Gasteiger partial charge >= 0.3 is 0 Å². The van der Waals surface area contributed by atoms with Gasteiger partial charge in [0.15, 0.2) is 0 Å². The Morgan fingerprint density at radius 3 is 2.83 bits per heavy atom. The lowest BCUT2D eigenvalue weighted by molar-refractivity contribution is -0.118. The number of hydrogen-bond acceptors (Lipinski definition) is 5. The minimum atomic E-state index is -0.154. The Morgan fingerprint density at radius 1 is 1.21 bits per heavy atom. The monoisotopic (exact) mass is 393 g/mol. The fraction of sp³-hybridized carbons (Fsp3) is 0.304. The maximum Gasteiger partial charge on any atom is 0.216 e. The van der Waals surface area contributed by atoms with Crippen molar-refractivity contribution in [3.8, 4) is 11.5 Å². The number of methoxy groups -OCH3 is 1. The van der Waals surface area contributed by atoms with Crippen LogP contribution in [0.1, 0.15) is 40.4 Å². The van der Waals surface area contributed by atoms with Gasteiger partial charge in [-0.2, -0.15) is 0 Å². The van der Waals surface area contributed by atoms with Gasteiger partial charge in [0, 0.05) is 30.0 Å². The number of furan rings is 1. The highest BCUT2D eigenvalue weighted by atomic mass is 16.5. The number of nitrogens with one attached hydrogen (secondary N) is 1. The summed E-state index contributed by atoms with van der Waals surface area (Å²) in [5, 5.41) is 3.80. The standard InChI is InChI=1S/C23H23NO5/c1-14(25)24-10-9-15-13-29-20-12-18(23-17(21(15)20)7-5-11-28-23)22(26)16-6-3-4-8-19(16)27-2/h3-4,6,8,12-13H,5,7,9-11H2,1-2H3,(H,24,25). The minimum absolute atomic E-state index is 0.0622. The average molecular weight is 393 g/mol. The third kappa shape index (κ3) is 3.58. The summed E-state index contributed by atoms with van der Waals surface area (Å²) in [5.41, 5.74) is 3.64. The SMILES string of the molecule is COc1ccccc1C(=O)c1cc2occ(CCNC(C)=O)c2c2c1OCCC2. The van der Waals surface area contributed by atoms with Crippen LogP contribution in [0.4, 0.5) is 0 Å². The van der Waals surface area contributed by atoms with Crippen LogP contribution in [0.3, 0.4) is 0 Å². The maximum absolute atomic E-state index is 13.3. The van der Waals surface area contributed by atoms with Gasteiger partial charge in [0.05, 0.1) is 31.1 Å². The van der Waals surface area contributed by atoms with E-state index >= 15 is 0 Å². The number of carbonyl (C=O) groups excluding carboxylic acids is 2. The second-order valence-electron chi connectivity index (χ2n) is 7.08. The molecule has 6 nitrogen and oxygen atoms in total. The quantitative estimate of drug-likeness (QED) is 0.647. The molecule has 0 bridgehead atoms. The minimum Gasteiger partial charge on any atom is -0.496 e. The summed E-state index contributed by atoms with van der Waals surface area (Å²) < 4.78 is 17.1. The van der Waals surface area contributed by atoms with E-state index in [2.05, 4.69) is 5.32 Å². The first-order chi connectivity index (χ1) is 14.1. The molecule has 1 aliphatic rings. The molecule has 2 aromatic carbocycles. The summed E-state index contributed by atoms with van der Waals surface area (Å²) in [5.74, 6) is 0.936. The van der Waals surface area contributed by atoms with Gasteiger partial charge < -0.3 is 19.2 Å². The summed E-state index contributed by atoms with van der Waals surface area (Å²) in [4.78, 5) is 24.5. The first-order valence-corrected chi connectivity index (χ1v) is 9.71. The Hall–Kier alpha value is -3.28. The second kappa shape index (κ2) is 7.99. The Kier molecular flexibility index (Phi) is 5.25. The van der Waals surface area contributed by atoms with E-state index < -0.39 is 0 Å². The van der Waals surface area contributed by atoms with E-state index in [-0.39, 0.29) is 11.7 Å². The fourth-order valence-corrected chi connectivity index (χ4v) is 3.86. The lowest BCUT2D eigenvalue weighted by atomic mass is 9.92. The third-order valence-electron chi connectivity index (χ3n) is 5.17. The molecule has 150 valence electrons. The molecule has 3 aromatic rings. The largest absolute Gasteiger partial charge is 0.496 e. The zero-order chi connectivity index (χ0) is 20.4. The van der Waals surface area contributed by atoms with E-state index in [1.165, 1.54) is 6.92 Å². The molecular weight excluding hydrogens is 370 g/mol. The third-order valence-corrected chi connectivity index (χ3v) is 5.17. The zero-order valence-corrected chi connectivity index (χ0v) is 16.5. The van der Waals surface area contributed by atoms with Crippen LogP contribution in [-0.2, 0) is 17.6 Å². The number of ketones is 1. The summed E-state index contributed by atoms with van der Waals surface area (Å²) in [6.45, 7) is 2.60. The highest BCUT2D eigenvalue weighted by Crippen LogP contribution is 2.40. The molecule has 0 saturated heterocycles. The van der Waals surface area contributed by atoms with Crippen LogP contribution >= 0.6 is 0 Å². The molecule has 0 unspecified atom stereocenters. The summed E-state index contributed by atoms with van der Waals surface area (Å²) >= 11 is 0. The van der Waals surface area contributed by atoms with Gasteiger partial charge in [-0.25, -0.2) is 0 Å². The van der Waals surface area contributed by atoms with Gasteiger partial charge in [0.2, 0.25) is 11.7 Å². The Bertz CT molecular complexity index is 1080. The highest BCUT2D eigenvalue weighted by molar-refractivity contribution is 6.14. The number of fused-ring (bicyclic) bond motifs is 3. The van der Waals surface area contributed by atoms with Crippen molar-refractivity contribution in [3.05, 3.63) is 58.8 Å². The second-order valence-corrected chi connectivity index (χ2v) is 7.08. The van der Waals surface area contributed by atoms with Crippen molar-refractivity contribution in [2.45, 2.75) is 26.2 Å². The van der Waals surface area contributed by atoms with Crippen molar-refractivity contribution in [3.63, 3.8) is 0 Å². The number of benzene rings is 2. The van der Waals surface area contributed by atoms with Gasteiger partial charge in [-0.1, -0.05) is 12.1 Å². The molecule has 1 N–H and O–H groups in total. The molecule has 2 heterocycles. The summed E-state index contributed by atoms with van der Waals surface area (Å²) in [6, 6.07) is 8.93. The average Bonchev–Trinajstić information content (AvgIpc) is 3.15. The van der Waals surface area contributed by atoms with E-state index in [0.29, 0.717) is 47.8 Å². The van der Waals surface area contributed by atoms with E-state index in [4.69, 9.17) is 13.9 Å². The number of para-hydroxylation sites is 1. The predicted octanol–water partition coefficient (Wildman–Crippen LogP) is 3.68.